The van der Waals surface area contributed by atoms with E-state index in [9.17, 15) is 4.79 Å². The molecule has 2 amide bonds. The highest BCUT2D eigenvalue weighted by molar-refractivity contribution is 5.91. The number of benzene rings is 2. The normalized spacial score (nSPS) is 18.4. The van der Waals surface area contributed by atoms with Crippen LogP contribution in [0.3, 0.4) is 0 Å². The summed E-state index contributed by atoms with van der Waals surface area (Å²) in [5, 5.41) is 3.03. The summed E-state index contributed by atoms with van der Waals surface area (Å²) in [4.78, 5) is 17.2. The van der Waals surface area contributed by atoms with E-state index in [1.807, 2.05) is 60.4 Å². The quantitative estimate of drug-likeness (QED) is 0.846. The molecule has 0 bridgehead atoms. The van der Waals surface area contributed by atoms with Crippen molar-refractivity contribution in [3.8, 4) is 11.5 Å². The number of ether oxygens (including phenoxy) is 2. The van der Waals surface area contributed by atoms with E-state index in [1.54, 1.807) is 0 Å². The lowest BCUT2D eigenvalue weighted by Gasteiger charge is -2.40. The van der Waals surface area contributed by atoms with Crippen molar-refractivity contribution >= 4 is 11.7 Å². The maximum atomic E-state index is 12.8. The molecule has 2 aliphatic heterocycles. The highest BCUT2D eigenvalue weighted by Crippen LogP contribution is 2.30. The first-order chi connectivity index (χ1) is 14.2. The van der Waals surface area contributed by atoms with Crippen LogP contribution >= 0.6 is 0 Å². The van der Waals surface area contributed by atoms with Gasteiger partial charge in [0.15, 0.2) is 5.75 Å². The van der Waals surface area contributed by atoms with Crippen LogP contribution in [-0.2, 0) is 4.74 Å². The minimum absolute atomic E-state index is 0.0723. The van der Waals surface area contributed by atoms with Gasteiger partial charge in [0.25, 0.3) is 0 Å². The first-order valence-electron chi connectivity index (χ1n) is 10.4. The summed E-state index contributed by atoms with van der Waals surface area (Å²) < 4.78 is 11.5. The molecule has 0 unspecified atom stereocenters. The van der Waals surface area contributed by atoms with Crippen molar-refractivity contribution in [3.05, 3.63) is 54.1 Å². The number of rotatable bonds is 4. The highest BCUT2D eigenvalue weighted by Gasteiger charge is 2.27. The third-order valence-electron chi connectivity index (χ3n) is 5.65. The summed E-state index contributed by atoms with van der Waals surface area (Å²) in [6, 6.07) is 16.0. The Morgan fingerprint density at radius 1 is 1.03 bits per heavy atom. The first-order valence-corrected chi connectivity index (χ1v) is 10.4. The number of urea groups is 1. The molecule has 2 fully saturated rings. The van der Waals surface area contributed by atoms with E-state index < -0.39 is 0 Å². The van der Waals surface area contributed by atoms with Crippen LogP contribution in [0.2, 0.25) is 0 Å². The van der Waals surface area contributed by atoms with Crippen molar-refractivity contribution in [1.82, 2.24) is 9.80 Å². The third kappa shape index (κ3) is 5.08. The average molecular weight is 396 g/mol. The van der Waals surface area contributed by atoms with E-state index in [2.05, 4.69) is 10.2 Å². The second-order valence-corrected chi connectivity index (χ2v) is 7.71. The summed E-state index contributed by atoms with van der Waals surface area (Å²) >= 11 is 0. The lowest BCUT2D eigenvalue weighted by molar-refractivity contribution is 0.0194. The number of hydrogen-bond acceptors (Lipinski definition) is 4. The van der Waals surface area contributed by atoms with Crippen molar-refractivity contribution in [2.75, 3.05) is 44.7 Å². The standard InChI is InChI=1S/C23H29N3O3/c1-18-5-4-6-20(17-18)29-22-8-3-2-7-21(22)24-23(27)26-13-11-25(12-14-26)19-9-15-28-16-10-19/h2-8,17,19H,9-16H2,1H3,(H,24,27). The molecule has 0 atom stereocenters. The molecule has 0 saturated carbocycles. The van der Waals surface area contributed by atoms with Crippen LogP contribution in [0.25, 0.3) is 0 Å². The van der Waals surface area contributed by atoms with E-state index in [0.717, 1.165) is 63.5 Å². The van der Waals surface area contributed by atoms with Gasteiger partial charge in [-0.1, -0.05) is 24.3 Å². The Bertz CT molecular complexity index is 828. The number of nitrogens with one attached hydrogen (secondary N) is 1. The van der Waals surface area contributed by atoms with Gasteiger partial charge in [0.2, 0.25) is 0 Å². The SMILES string of the molecule is Cc1cccc(Oc2ccccc2NC(=O)N2CCN(C3CCOCC3)CC2)c1. The molecular weight excluding hydrogens is 366 g/mol. The number of anilines is 1. The van der Waals surface area contributed by atoms with Gasteiger partial charge in [-0.2, -0.15) is 0 Å². The molecule has 2 heterocycles. The second kappa shape index (κ2) is 9.29. The molecule has 0 aliphatic carbocycles. The number of para-hydroxylation sites is 2. The third-order valence-corrected chi connectivity index (χ3v) is 5.65. The van der Waals surface area contributed by atoms with Crippen molar-refractivity contribution < 1.29 is 14.3 Å². The molecule has 6 heteroatoms. The molecule has 6 nitrogen and oxygen atoms in total. The van der Waals surface area contributed by atoms with Crippen LogP contribution in [0.5, 0.6) is 11.5 Å². The van der Waals surface area contributed by atoms with Crippen molar-refractivity contribution in [1.29, 1.82) is 0 Å². The van der Waals surface area contributed by atoms with Crippen LogP contribution in [0.4, 0.5) is 10.5 Å². The Labute approximate surface area is 172 Å². The van der Waals surface area contributed by atoms with E-state index in [4.69, 9.17) is 9.47 Å². The zero-order valence-electron chi connectivity index (χ0n) is 17.0. The number of nitrogens with zero attached hydrogens (tertiary/aromatic N) is 2. The lowest BCUT2D eigenvalue weighted by atomic mass is 10.1. The molecule has 1 N–H and O–H groups in total. The smallest absolute Gasteiger partial charge is 0.322 e. The van der Waals surface area contributed by atoms with E-state index in [-0.39, 0.29) is 6.03 Å². The summed E-state index contributed by atoms with van der Waals surface area (Å²) in [6.07, 6.45) is 2.19. The molecular formula is C23H29N3O3. The number of piperazine rings is 1. The van der Waals surface area contributed by atoms with Crippen LogP contribution in [0.15, 0.2) is 48.5 Å². The van der Waals surface area contributed by atoms with Gasteiger partial charge in [-0.15, -0.1) is 0 Å². The predicted octanol–water partition coefficient (Wildman–Crippen LogP) is 4.12. The van der Waals surface area contributed by atoms with Crippen molar-refractivity contribution in [2.24, 2.45) is 0 Å². The van der Waals surface area contributed by atoms with Crippen LogP contribution in [0.1, 0.15) is 18.4 Å². The fraction of sp³-hybridized carbons (Fsp3) is 0.435. The number of amides is 2. The van der Waals surface area contributed by atoms with Gasteiger partial charge in [0.1, 0.15) is 5.75 Å². The fourth-order valence-corrected chi connectivity index (χ4v) is 4.00. The number of aryl methyl sites for hydroxylation is 1. The van der Waals surface area contributed by atoms with E-state index >= 15 is 0 Å². The fourth-order valence-electron chi connectivity index (χ4n) is 4.00. The Hall–Kier alpha value is -2.57. The monoisotopic (exact) mass is 395 g/mol. The molecule has 0 aromatic heterocycles. The maximum Gasteiger partial charge on any atom is 0.322 e. The molecule has 2 aliphatic rings. The predicted molar refractivity (Wildman–Crippen MR) is 114 cm³/mol. The summed E-state index contributed by atoms with van der Waals surface area (Å²) in [5.41, 5.74) is 1.82. The maximum absolute atomic E-state index is 12.8. The molecule has 2 saturated heterocycles. The first kappa shape index (κ1) is 19.7. The Balaban J connectivity index is 1.35. The van der Waals surface area contributed by atoms with Gasteiger partial charge in [-0.05, 0) is 49.6 Å². The minimum Gasteiger partial charge on any atom is -0.455 e. The van der Waals surface area contributed by atoms with E-state index in [1.165, 1.54) is 0 Å². The van der Waals surface area contributed by atoms with Gasteiger partial charge >= 0.3 is 6.03 Å². The molecule has 2 aromatic carbocycles. The van der Waals surface area contributed by atoms with Gasteiger partial charge in [0, 0.05) is 45.4 Å². The van der Waals surface area contributed by atoms with Gasteiger partial charge < -0.3 is 19.7 Å². The topological polar surface area (TPSA) is 54.0 Å². The summed E-state index contributed by atoms with van der Waals surface area (Å²) in [7, 11) is 0. The van der Waals surface area contributed by atoms with Gasteiger partial charge in [0.05, 0.1) is 5.69 Å². The molecule has 2 aromatic rings. The average Bonchev–Trinajstić information content (AvgIpc) is 2.76. The molecule has 4 rings (SSSR count). The molecule has 154 valence electrons. The molecule has 29 heavy (non-hydrogen) atoms. The number of carbonyl (C=O) groups is 1. The zero-order chi connectivity index (χ0) is 20.1. The lowest BCUT2D eigenvalue weighted by Crippen LogP contribution is -2.53. The van der Waals surface area contributed by atoms with Crippen LogP contribution in [0, 0.1) is 6.92 Å². The highest BCUT2D eigenvalue weighted by atomic mass is 16.5. The van der Waals surface area contributed by atoms with Crippen molar-refractivity contribution in [2.45, 2.75) is 25.8 Å². The van der Waals surface area contributed by atoms with Crippen molar-refractivity contribution in [3.63, 3.8) is 0 Å². The summed E-state index contributed by atoms with van der Waals surface area (Å²) in [6.45, 7) is 7.04. The van der Waals surface area contributed by atoms with Gasteiger partial charge in [-0.3, -0.25) is 4.90 Å². The number of hydrogen-bond donors (Lipinski definition) is 1. The second-order valence-electron chi connectivity index (χ2n) is 7.71. The Kier molecular flexibility index (Phi) is 6.32. The minimum atomic E-state index is -0.0723. The zero-order valence-corrected chi connectivity index (χ0v) is 17.0. The van der Waals surface area contributed by atoms with Gasteiger partial charge in [-0.25, -0.2) is 4.79 Å². The molecule has 0 radical (unpaired) electrons. The van der Waals surface area contributed by atoms with E-state index in [0.29, 0.717) is 17.5 Å². The van der Waals surface area contributed by atoms with Crippen LogP contribution in [-0.4, -0.2) is 61.3 Å². The summed E-state index contributed by atoms with van der Waals surface area (Å²) in [5.74, 6) is 1.41. The van der Waals surface area contributed by atoms with Crippen LogP contribution < -0.4 is 10.1 Å². The Morgan fingerprint density at radius 2 is 1.79 bits per heavy atom. The Morgan fingerprint density at radius 3 is 2.55 bits per heavy atom. The largest absolute Gasteiger partial charge is 0.455 e. The number of carbonyl (C=O) groups excluding carboxylic acids is 1. The molecule has 0 spiro atoms.